The van der Waals surface area contributed by atoms with Crippen molar-refractivity contribution in [3.05, 3.63) is 46.0 Å². The van der Waals surface area contributed by atoms with Crippen molar-refractivity contribution < 1.29 is 33.6 Å². The number of nitrogens with two attached hydrogens (primary N) is 1. The topological polar surface area (TPSA) is 124 Å². The van der Waals surface area contributed by atoms with E-state index in [9.17, 15) is 24.6 Å². The molecule has 5 aliphatic rings. The molecule has 0 aromatic heterocycles. The molecule has 4 N–H and O–H groups in total. The Morgan fingerprint density at radius 2 is 1.68 bits per heavy atom. The number of nitrogens with zero attached hydrogens (tertiary/aromatic N) is 4. The standard InChI is InChI=1S/C28H37N5O5S2/c1-17-23-22(18(2)34)26(36)31(23)24(27(37)38)25(17)40-28(39)30(3)14-19-4-6-20(7-5-19)15-32-8-11-33(12-9-32,13-10-32)16-21(29)35/h4-7,17-18,22-23,34H,8-16H2,1-3H3,(H-2,29,35,37,38)/p+2. The highest BCUT2D eigenvalue weighted by Gasteiger charge is 2.60. The fourth-order valence-corrected chi connectivity index (χ4v) is 8.40. The average molecular weight is 590 g/mol. The van der Waals surface area contributed by atoms with Crippen LogP contribution in [0, 0.1) is 11.8 Å². The third-order valence-corrected chi connectivity index (χ3v) is 11.3. The molecule has 6 rings (SSSR count). The number of thiocarbonyl (C=S) groups is 1. The van der Waals surface area contributed by atoms with Crippen molar-refractivity contribution in [1.82, 2.24) is 9.80 Å². The van der Waals surface area contributed by atoms with Gasteiger partial charge in [0.2, 0.25) is 5.91 Å². The molecule has 1 aromatic carbocycles. The fraction of sp³-hybridized carbons (Fsp3) is 0.571. The van der Waals surface area contributed by atoms with Crippen LogP contribution in [0.5, 0.6) is 0 Å². The molecule has 10 nitrogen and oxygen atoms in total. The number of hydrogen-bond donors (Lipinski definition) is 3. The minimum atomic E-state index is -1.15. The number of aliphatic hydroxyl groups is 1. The molecule has 216 valence electrons. The summed E-state index contributed by atoms with van der Waals surface area (Å²) in [6, 6.07) is 8.25. The number of β-lactam (4-membered cyclic amide) rings is 1. The summed E-state index contributed by atoms with van der Waals surface area (Å²) in [6.07, 6.45) is -0.836. The van der Waals surface area contributed by atoms with Gasteiger partial charge in [0, 0.05) is 30.0 Å². The Labute approximate surface area is 244 Å². The van der Waals surface area contributed by atoms with E-state index in [1.54, 1.807) is 6.92 Å². The first-order valence-electron chi connectivity index (χ1n) is 13.8. The van der Waals surface area contributed by atoms with Crippen LogP contribution >= 0.6 is 24.0 Å². The van der Waals surface area contributed by atoms with Crippen molar-refractivity contribution >= 4 is 46.1 Å². The van der Waals surface area contributed by atoms with E-state index in [0.717, 1.165) is 60.3 Å². The molecule has 5 heterocycles. The smallest absolute Gasteiger partial charge is 0.353 e. The highest BCUT2D eigenvalue weighted by molar-refractivity contribution is 8.25. The van der Waals surface area contributed by atoms with E-state index in [2.05, 4.69) is 24.3 Å². The van der Waals surface area contributed by atoms with Gasteiger partial charge in [0.1, 0.15) is 55.8 Å². The summed E-state index contributed by atoms with van der Waals surface area (Å²) in [5.41, 5.74) is 7.88. The minimum absolute atomic E-state index is 0.0157. The summed E-state index contributed by atoms with van der Waals surface area (Å²) in [5.74, 6) is -2.52. The number of carbonyl (C=O) groups is 3. The van der Waals surface area contributed by atoms with Crippen LogP contribution in [0.3, 0.4) is 0 Å². The van der Waals surface area contributed by atoms with E-state index in [1.807, 2.05) is 18.9 Å². The quantitative estimate of drug-likeness (QED) is 0.221. The number of fused-ring (bicyclic) bond motifs is 4. The lowest BCUT2D eigenvalue weighted by Crippen LogP contribution is -2.75. The third kappa shape index (κ3) is 5.16. The molecule has 2 amide bonds. The van der Waals surface area contributed by atoms with Crippen molar-refractivity contribution in [2.45, 2.75) is 39.1 Å². The molecule has 12 heteroatoms. The molecule has 0 aliphatic carbocycles. The van der Waals surface area contributed by atoms with Crippen molar-refractivity contribution in [2.24, 2.45) is 17.6 Å². The molecule has 2 bridgehead atoms. The minimum Gasteiger partial charge on any atom is -0.477 e. The average Bonchev–Trinajstić information content (AvgIpc) is 3.13. The Bertz CT molecular complexity index is 1240. The molecule has 5 aliphatic heterocycles. The van der Waals surface area contributed by atoms with Gasteiger partial charge < -0.3 is 34.7 Å². The van der Waals surface area contributed by atoms with Gasteiger partial charge in [0.15, 0.2) is 6.54 Å². The van der Waals surface area contributed by atoms with Crippen LogP contribution in [0.1, 0.15) is 25.0 Å². The summed E-state index contributed by atoms with van der Waals surface area (Å²) in [4.78, 5) is 40.0. The van der Waals surface area contributed by atoms with Crippen molar-refractivity contribution in [3.8, 4) is 0 Å². The number of amides is 2. The maximum absolute atomic E-state index is 12.6. The summed E-state index contributed by atoms with van der Waals surface area (Å²) < 4.78 is 2.44. The molecule has 4 fully saturated rings. The van der Waals surface area contributed by atoms with Crippen LogP contribution in [-0.2, 0) is 27.5 Å². The molecule has 0 radical (unpaired) electrons. The number of aliphatic carboxylic acids is 1. The predicted octanol–water partition coefficient (Wildman–Crippen LogP) is 0.936. The molecule has 4 unspecified atom stereocenters. The van der Waals surface area contributed by atoms with Crippen molar-refractivity contribution in [3.63, 3.8) is 0 Å². The number of benzene rings is 1. The van der Waals surface area contributed by atoms with Gasteiger partial charge in [-0.05, 0) is 12.5 Å². The molecule has 1 aromatic rings. The number of piperazine rings is 3. The number of hydrogen-bond acceptors (Lipinski definition) is 6. The van der Waals surface area contributed by atoms with Crippen molar-refractivity contribution in [1.29, 1.82) is 0 Å². The van der Waals surface area contributed by atoms with E-state index in [4.69, 9.17) is 18.0 Å². The number of quaternary nitrogens is 2. The molecule has 4 saturated heterocycles. The van der Waals surface area contributed by atoms with E-state index in [1.165, 1.54) is 22.2 Å². The number of carbonyl (C=O) groups excluding carboxylic acids is 2. The van der Waals surface area contributed by atoms with Crippen LogP contribution in [0.15, 0.2) is 34.9 Å². The number of primary amides is 1. The second-order valence-electron chi connectivity index (χ2n) is 12.1. The summed E-state index contributed by atoms with van der Waals surface area (Å²) in [6.45, 7) is 11.7. The first kappa shape index (κ1) is 29.0. The highest BCUT2D eigenvalue weighted by atomic mass is 32.2. The Morgan fingerprint density at radius 1 is 1.12 bits per heavy atom. The van der Waals surface area contributed by atoms with Crippen LogP contribution in [0.4, 0.5) is 0 Å². The van der Waals surface area contributed by atoms with E-state index in [-0.39, 0.29) is 29.5 Å². The number of carboxylic acid groups (broad SMARTS) is 1. The van der Waals surface area contributed by atoms with Gasteiger partial charge in [-0.15, -0.1) is 0 Å². The molecule has 4 atom stereocenters. The largest absolute Gasteiger partial charge is 0.477 e. The van der Waals surface area contributed by atoms with Gasteiger partial charge in [-0.2, -0.15) is 0 Å². The highest BCUT2D eigenvalue weighted by Crippen LogP contribution is 2.50. The first-order chi connectivity index (χ1) is 18.9. The van der Waals surface area contributed by atoms with Crippen molar-refractivity contribution in [2.75, 3.05) is 52.9 Å². The number of rotatable bonds is 9. The molecule has 0 spiro atoms. The van der Waals surface area contributed by atoms with Crippen LogP contribution in [0.25, 0.3) is 0 Å². The van der Waals surface area contributed by atoms with E-state index in [0.29, 0.717) is 22.3 Å². The Kier molecular flexibility index (Phi) is 7.77. The normalized spacial score (nSPS) is 31.6. The van der Waals surface area contributed by atoms with E-state index < -0.39 is 18.0 Å². The van der Waals surface area contributed by atoms with Gasteiger partial charge >= 0.3 is 5.97 Å². The fourth-order valence-electron chi connectivity index (χ4n) is 7.05. The van der Waals surface area contributed by atoms with E-state index >= 15 is 0 Å². The zero-order valence-electron chi connectivity index (χ0n) is 23.3. The lowest BCUT2D eigenvalue weighted by atomic mass is 9.79. The zero-order valence-corrected chi connectivity index (χ0v) is 24.9. The number of thioether (sulfide) groups is 1. The maximum Gasteiger partial charge on any atom is 0.353 e. The summed E-state index contributed by atoms with van der Waals surface area (Å²) in [7, 11) is 1.89. The van der Waals surface area contributed by atoms with Gasteiger partial charge in [-0.25, -0.2) is 4.79 Å². The third-order valence-electron chi connectivity index (χ3n) is 9.42. The van der Waals surface area contributed by atoms with Crippen LogP contribution in [0.2, 0.25) is 0 Å². The molecule has 40 heavy (non-hydrogen) atoms. The first-order valence-corrected chi connectivity index (χ1v) is 15.1. The monoisotopic (exact) mass is 589 g/mol. The predicted molar refractivity (Wildman–Crippen MR) is 155 cm³/mol. The van der Waals surface area contributed by atoms with Gasteiger partial charge in [0.05, 0.1) is 18.1 Å². The molecular formula is C28H39N5O5S2+2. The maximum atomic E-state index is 12.6. The lowest BCUT2D eigenvalue weighted by Gasteiger charge is -2.55. The second-order valence-corrected chi connectivity index (χ2v) is 13.8. The molecular weight excluding hydrogens is 550 g/mol. The summed E-state index contributed by atoms with van der Waals surface area (Å²) >= 11 is 6.92. The van der Waals surface area contributed by atoms with Gasteiger partial charge in [-0.3, -0.25) is 9.59 Å². The van der Waals surface area contributed by atoms with Crippen LogP contribution < -0.4 is 5.73 Å². The summed E-state index contributed by atoms with van der Waals surface area (Å²) in [5, 5.41) is 19.9. The SMILES string of the molecule is CC(O)C1C(=O)N2C(C(=O)O)=C(SC(=S)N(C)Cc3ccc(C[N+]45CC[N+](CC(N)=O)(CC4)CC5)cc3)C(C)C12. The zero-order chi connectivity index (χ0) is 29.0. The molecule has 0 saturated carbocycles. The Morgan fingerprint density at radius 3 is 2.20 bits per heavy atom. The van der Waals surface area contributed by atoms with Gasteiger partial charge in [0.25, 0.3) is 5.91 Å². The lowest BCUT2D eigenvalue weighted by molar-refractivity contribution is -1.08. The Balaban J connectivity index is 1.19. The second kappa shape index (κ2) is 10.7. The van der Waals surface area contributed by atoms with Crippen LogP contribution in [-0.4, -0.2) is 116 Å². The Hall–Kier alpha value is -2.51. The van der Waals surface area contributed by atoms with Gasteiger partial charge in [-0.1, -0.05) is 55.2 Å². The number of aliphatic hydroxyl groups excluding tert-OH is 1. The number of carboxylic acids is 1.